The Kier molecular flexibility index (Phi) is 8.34. The van der Waals surface area contributed by atoms with Crippen LogP contribution in [0.15, 0.2) is 52.3 Å². The molecule has 1 saturated heterocycles. The first kappa shape index (κ1) is 26.1. The van der Waals surface area contributed by atoms with Gasteiger partial charge in [0, 0.05) is 31.2 Å². The molecule has 2 N–H and O–H groups in total. The maximum Gasteiger partial charge on any atom is 0.251 e. The van der Waals surface area contributed by atoms with Crippen molar-refractivity contribution in [2.75, 3.05) is 20.2 Å². The summed E-state index contributed by atoms with van der Waals surface area (Å²) < 4.78 is 60.0. The molecule has 0 bridgehead atoms. The van der Waals surface area contributed by atoms with Crippen molar-refractivity contribution in [2.45, 2.75) is 55.5 Å². The summed E-state index contributed by atoms with van der Waals surface area (Å²) in [5.74, 6) is -0.330. The van der Waals surface area contributed by atoms with E-state index in [9.17, 15) is 21.6 Å². The van der Waals surface area contributed by atoms with E-state index < -0.39 is 26.0 Å². The SMILES string of the molecule is COc1ccc(C(=O)NCc2ccc(S(=O)(=O)N3CCCCC3)cc2)cc1S(=O)(=O)NC(C)C. The van der Waals surface area contributed by atoms with Crippen molar-refractivity contribution in [3.63, 3.8) is 0 Å². The van der Waals surface area contributed by atoms with Gasteiger partial charge < -0.3 is 10.1 Å². The molecule has 2 aromatic rings. The molecule has 9 nitrogen and oxygen atoms in total. The Balaban J connectivity index is 1.70. The van der Waals surface area contributed by atoms with Crippen LogP contribution >= 0.6 is 0 Å². The molecular formula is C23H31N3O6S2. The predicted molar refractivity (Wildman–Crippen MR) is 129 cm³/mol. The Morgan fingerprint density at radius 1 is 1.00 bits per heavy atom. The third-order valence-electron chi connectivity index (χ3n) is 5.44. The first-order chi connectivity index (χ1) is 16.0. The molecule has 1 aliphatic heterocycles. The van der Waals surface area contributed by atoms with E-state index in [1.807, 2.05) is 0 Å². The molecule has 0 radical (unpaired) electrons. The number of ether oxygens (including phenoxy) is 1. The molecule has 0 atom stereocenters. The summed E-state index contributed by atoms with van der Waals surface area (Å²) in [4.78, 5) is 12.8. The van der Waals surface area contributed by atoms with Gasteiger partial charge in [-0.05, 0) is 62.6 Å². The number of benzene rings is 2. The molecule has 1 aliphatic rings. The highest BCUT2D eigenvalue weighted by atomic mass is 32.2. The number of carbonyl (C=O) groups is 1. The molecule has 1 amide bonds. The Bertz CT molecular complexity index is 1220. The average molecular weight is 510 g/mol. The zero-order chi connectivity index (χ0) is 24.9. The van der Waals surface area contributed by atoms with Crippen molar-refractivity contribution in [1.82, 2.24) is 14.3 Å². The van der Waals surface area contributed by atoms with Crippen LogP contribution in [-0.4, -0.2) is 53.3 Å². The van der Waals surface area contributed by atoms with Gasteiger partial charge in [0.1, 0.15) is 10.6 Å². The fraction of sp³-hybridized carbons (Fsp3) is 0.435. The molecule has 0 aromatic heterocycles. The fourth-order valence-electron chi connectivity index (χ4n) is 3.72. The largest absolute Gasteiger partial charge is 0.495 e. The number of piperidine rings is 1. The molecule has 2 aromatic carbocycles. The predicted octanol–water partition coefficient (Wildman–Crippen LogP) is 2.49. The second-order valence-electron chi connectivity index (χ2n) is 8.43. The van der Waals surface area contributed by atoms with Gasteiger partial charge in [0.15, 0.2) is 0 Å². The van der Waals surface area contributed by atoms with Gasteiger partial charge in [0.2, 0.25) is 20.0 Å². The summed E-state index contributed by atoms with van der Waals surface area (Å²) in [5, 5.41) is 2.74. The summed E-state index contributed by atoms with van der Waals surface area (Å²) in [5.41, 5.74) is 0.878. The van der Waals surface area contributed by atoms with E-state index in [0.29, 0.717) is 18.7 Å². The molecule has 1 heterocycles. The van der Waals surface area contributed by atoms with Gasteiger partial charge in [-0.2, -0.15) is 4.31 Å². The topological polar surface area (TPSA) is 122 Å². The molecule has 0 unspecified atom stereocenters. The molecule has 34 heavy (non-hydrogen) atoms. The van der Waals surface area contributed by atoms with Crippen molar-refractivity contribution in [2.24, 2.45) is 0 Å². The molecule has 3 rings (SSSR count). The minimum Gasteiger partial charge on any atom is -0.495 e. The van der Waals surface area contributed by atoms with E-state index in [4.69, 9.17) is 4.74 Å². The second-order valence-corrected chi connectivity index (χ2v) is 12.1. The Labute approximate surface area is 201 Å². The highest BCUT2D eigenvalue weighted by Crippen LogP contribution is 2.25. The first-order valence-electron chi connectivity index (χ1n) is 11.1. The average Bonchev–Trinajstić information content (AvgIpc) is 2.82. The Morgan fingerprint density at radius 3 is 2.24 bits per heavy atom. The smallest absolute Gasteiger partial charge is 0.251 e. The molecule has 0 aliphatic carbocycles. The van der Waals surface area contributed by atoms with Crippen LogP contribution in [0.25, 0.3) is 0 Å². The first-order valence-corrected chi connectivity index (χ1v) is 14.0. The highest BCUT2D eigenvalue weighted by Gasteiger charge is 2.26. The zero-order valence-corrected chi connectivity index (χ0v) is 21.2. The van der Waals surface area contributed by atoms with Gasteiger partial charge in [0.25, 0.3) is 5.91 Å². The lowest BCUT2D eigenvalue weighted by atomic mass is 10.2. The summed E-state index contributed by atoms with van der Waals surface area (Å²) >= 11 is 0. The quantitative estimate of drug-likeness (QED) is 0.536. The normalized spacial score (nSPS) is 15.3. The standard InChI is InChI=1S/C23H31N3O6S2/c1-17(2)25-33(28,29)22-15-19(9-12-21(22)32-3)23(27)24-16-18-7-10-20(11-8-18)34(30,31)26-13-5-4-6-14-26/h7-12,15,17,25H,4-6,13-14,16H2,1-3H3,(H,24,27). The van der Waals surface area contributed by atoms with Crippen LogP contribution in [0.4, 0.5) is 0 Å². The molecule has 186 valence electrons. The van der Waals surface area contributed by atoms with Gasteiger partial charge in [-0.15, -0.1) is 0 Å². The number of carbonyl (C=O) groups excluding carboxylic acids is 1. The van der Waals surface area contributed by atoms with E-state index in [1.54, 1.807) is 38.1 Å². The molecule has 0 spiro atoms. The number of rotatable bonds is 9. The van der Waals surface area contributed by atoms with E-state index in [0.717, 1.165) is 19.3 Å². The minimum absolute atomic E-state index is 0.122. The van der Waals surface area contributed by atoms with Gasteiger partial charge in [-0.25, -0.2) is 21.6 Å². The highest BCUT2D eigenvalue weighted by molar-refractivity contribution is 7.89. The van der Waals surface area contributed by atoms with Crippen molar-refractivity contribution >= 4 is 26.0 Å². The molecule has 11 heteroatoms. The van der Waals surface area contributed by atoms with E-state index >= 15 is 0 Å². The maximum absolute atomic E-state index is 12.8. The zero-order valence-electron chi connectivity index (χ0n) is 19.6. The molecule has 0 saturated carbocycles. The number of sulfonamides is 2. The maximum atomic E-state index is 12.8. The summed E-state index contributed by atoms with van der Waals surface area (Å²) in [6, 6.07) is 10.3. The Hall–Kier alpha value is -2.47. The van der Waals surface area contributed by atoms with Crippen molar-refractivity contribution in [3.05, 3.63) is 53.6 Å². The third-order valence-corrected chi connectivity index (χ3v) is 9.03. The van der Waals surface area contributed by atoms with Crippen LogP contribution in [-0.2, 0) is 26.6 Å². The van der Waals surface area contributed by atoms with E-state index in [2.05, 4.69) is 10.0 Å². The monoisotopic (exact) mass is 509 g/mol. The third kappa shape index (κ3) is 6.15. The van der Waals surface area contributed by atoms with Gasteiger partial charge in [-0.3, -0.25) is 4.79 Å². The lowest BCUT2D eigenvalue weighted by Gasteiger charge is -2.25. The van der Waals surface area contributed by atoms with Gasteiger partial charge in [-0.1, -0.05) is 18.6 Å². The van der Waals surface area contributed by atoms with Crippen molar-refractivity contribution in [3.8, 4) is 5.75 Å². The lowest BCUT2D eigenvalue weighted by molar-refractivity contribution is 0.0950. The number of nitrogens with zero attached hydrogens (tertiary/aromatic N) is 1. The second kappa shape index (κ2) is 10.9. The van der Waals surface area contributed by atoms with Crippen LogP contribution in [0.3, 0.4) is 0 Å². The lowest BCUT2D eigenvalue weighted by Crippen LogP contribution is -2.35. The van der Waals surface area contributed by atoms with Crippen molar-refractivity contribution in [1.29, 1.82) is 0 Å². The van der Waals surface area contributed by atoms with Crippen LogP contribution in [0.2, 0.25) is 0 Å². The van der Waals surface area contributed by atoms with E-state index in [-0.39, 0.29) is 33.7 Å². The number of methoxy groups -OCH3 is 1. The number of nitrogens with one attached hydrogen (secondary N) is 2. The van der Waals surface area contributed by atoms with Crippen LogP contribution in [0, 0.1) is 0 Å². The molecular weight excluding hydrogens is 478 g/mol. The van der Waals surface area contributed by atoms with Gasteiger partial charge in [0.05, 0.1) is 12.0 Å². The molecule has 1 fully saturated rings. The summed E-state index contributed by atoms with van der Waals surface area (Å²) in [6.45, 7) is 4.62. The van der Waals surface area contributed by atoms with Crippen LogP contribution in [0.1, 0.15) is 49.0 Å². The van der Waals surface area contributed by atoms with Gasteiger partial charge >= 0.3 is 0 Å². The van der Waals surface area contributed by atoms with E-state index in [1.165, 1.54) is 29.6 Å². The van der Waals surface area contributed by atoms with Crippen LogP contribution < -0.4 is 14.8 Å². The van der Waals surface area contributed by atoms with Crippen molar-refractivity contribution < 1.29 is 26.4 Å². The number of hydrogen-bond acceptors (Lipinski definition) is 6. The summed E-state index contributed by atoms with van der Waals surface area (Å²) in [7, 11) is -6.03. The summed E-state index contributed by atoms with van der Waals surface area (Å²) in [6.07, 6.45) is 2.77. The number of hydrogen-bond donors (Lipinski definition) is 2. The Morgan fingerprint density at radius 2 is 1.65 bits per heavy atom. The fourth-order valence-corrected chi connectivity index (χ4v) is 6.68. The minimum atomic E-state index is -3.87. The van der Waals surface area contributed by atoms with Crippen LogP contribution in [0.5, 0.6) is 5.75 Å². The number of amides is 1.